The van der Waals surface area contributed by atoms with E-state index in [2.05, 4.69) is 5.16 Å². The molecule has 0 unspecified atom stereocenters. The number of hydrogen-bond acceptors (Lipinski definition) is 6. The lowest BCUT2D eigenvalue weighted by Gasteiger charge is -2.35. The van der Waals surface area contributed by atoms with Crippen molar-refractivity contribution in [2.45, 2.75) is 51.1 Å². The number of aromatic nitrogens is 1. The maximum atomic E-state index is 14.0. The van der Waals surface area contributed by atoms with Crippen molar-refractivity contribution in [3.63, 3.8) is 0 Å². The fraction of sp³-hybridized carbons (Fsp3) is 0.385. The van der Waals surface area contributed by atoms with Crippen LogP contribution in [0.1, 0.15) is 48.6 Å². The van der Waals surface area contributed by atoms with Crippen LogP contribution in [0.15, 0.2) is 45.1 Å². The van der Waals surface area contributed by atoms with E-state index in [4.69, 9.17) is 4.52 Å². The zero-order chi connectivity index (χ0) is 26.7. The molecule has 0 radical (unpaired) electrons. The molecular formula is C26H29F2N3O4S2. The number of sulfonamides is 1. The van der Waals surface area contributed by atoms with Crippen LogP contribution in [0.2, 0.25) is 0 Å². The van der Waals surface area contributed by atoms with E-state index in [1.807, 2.05) is 36.3 Å². The topological polar surface area (TPSA) is 83.7 Å². The minimum absolute atomic E-state index is 0.0244. The number of nitrogens with zero attached hydrogens (tertiary/aromatic N) is 3. The first-order chi connectivity index (χ1) is 17.6. The SMILES string of the molecule is Cc1noc(/C=C/c2ccc(F)cc2F)c1S(=O)(=O)N1CCC(C(=O)N(Cc2cccs2)C(C)C)CC1. The monoisotopic (exact) mass is 549 g/mol. The number of thiophene rings is 1. The number of carbonyl (C=O) groups excluding carboxylic acids is 1. The van der Waals surface area contributed by atoms with Gasteiger partial charge in [-0.15, -0.1) is 11.3 Å². The molecule has 0 aliphatic carbocycles. The Morgan fingerprint density at radius 3 is 2.59 bits per heavy atom. The summed E-state index contributed by atoms with van der Waals surface area (Å²) < 4.78 is 60.8. The second-order valence-electron chi connectivity index (χ2n) is 9.28. The van der Waals surface area contributed by atoms with E-state index >= 15 is 0 Å². The normalized spacial score (nSPS) is 15.6. The van der Waals surface area contributed by atoms with Crippen molar-refractivity contribution in [2.75, 3.05) is 13.1 Å². The summed E-state index contributed by atoms with van der Waals surface area (Å²) in [5.41, 5.74) is 0.259. The van der Waals surface area contributed by atoms with Crippen LogP contribution in [-0.4, -0.2) is 47.8 Å². The number of halogens is 2. The number of amides is 1. The number of benzene rings is 1. The van der Waals surface area contributed by atoms with Crippen LogP contribution in [0.5, 0.6) is 0 Å². The minimum Gasteiger partial charge on any atom is -0.355 e. The standard InChI is InChI=1S/C26H29F2N3O4S2/c1-17(2)31(16-22-5-4-14-36-22)26(32)20-10-12-30(13-11-20)37(33,34)25-18(3)29-35-24(25)9-7-19-6-8-21(27)15-23(19)28/h4-9,14-15,17,20H,10-13,16H2,1-3H3/b9-7+. The van der Waals surface area contributed by atoms with E-state index in [-0.39, 0.29) is 52.9 Å². The molecule has 0 saturated carbocycles. The predicted octanol–water partition coefficient (Wildman–Crippen LogP) is 5.33. The van der Waals surface area contributed by atoms with Crippen molar-refractivity contribution >= 4 is 39.4 Å². The van der Waals surface area contributed by atoms with Gasteiger partial charge in [-0.05, 0) is 69.3 Å². The molecule has 1 aliphatic heterocycles. The number of hydrogen-bond donors (Lipinski definition) is 0. The Balaban J connectivity index is 1.47. The van der Waals surface area contributed by atoms with Gasteiger partial charge < -0.3 is 9.42 Å². The predicted molar refractivity (Wildman–Crippen MR) is 138 cm³/mol. The molecule has 2 aromatic heterocycles. The van der Waals surface area contributed by atoms with E-state index < -0.39 is 21.7 Å². The minimum atomic E-state index is -3.98. The smallest absolute Gasteiger partial charge is 0.248 e. The van der Waals surface area contributed by atoms with Gasteiger partial charge in [0.1, 0.15) is 17.3 Å². The van der Waals surface area contributed by atoms with Gasteiger partial charge in [0.2, 0.25) is 15.9 Å². The first-order valence-corrected chi connectivity index (χ1v) is 14.3. The number of carbonyl (C=O) groups is 1. The fourth-order valence-corrected chi connectivity index (χ4v) is 6.82. The first-order valence-electron chi connectivity index (χ1n) is 12.0. The zero-order valence-corrected chi connectivity index (χ0v) is 22.5. The summed E-state index contributed by atoms with van der Waals surface area (Å²) in [7, 11) is -3.98. The quantitative estimate of drug-likeness (QED) is 0.379. The molecule has 11 heteroatoms. The van der Waals surface area contributed by atoms with E-state index in [1.54, 1.807) is 11.3 Å². The van der Waals surface area contributed by atoms with Crippen molar-refractivity contribution < 1.29 is 26.5 Å². The van der Waals surface area contributed by atoms with Gasteiger partial charge in [-0.3, -0.25) is 4.79 Å². The molecule has 0 N–H and O–H groups in total. The number of piperidine rings is 1. The molecule has 1 fully saturated rings. The van der Waals surface area contributed by atoms with Crippen LogP contribution < -0.4 is 0 Å². The van der Waals surface area contributed by atoms with Crippen LogP contribution in [0.4, 0.5) is 8.78 Å². The van der Waals surface area contributed by atoms with Gasteiger partial charge in [-0.25, -0.2) is 17.2 Å². The maximum Gasteiger partial charge on any atom is 0.248 e. The highest BCUT2D eigenvalue weighted by Crippen LogP contribution is 2.30. The Morgan fingerprint density at radius 2 is 1.97 bits per heavy atom. The van der Waals surface area contributed by atoms with Gasteiger partial charge >= 0.3 is 0 Å². The van der Waals surface area contributed by atoms with Gasteiger partial charge in [0.05, 0.1) is 6.54 Å². The molecule has 3 aromatic rings. The van der Waals surface area contributed by atoms with Gasteiger partial charge in [0.15, 0.2) is 10.7 Å². The molecular weight excluding hydrogens is 520 g/mol. The Bertz CT molecular complexity index is 1380. The summed E-state index contributed by atoms with van der Waals surface area (Å²) >= 11 is 1.60. The fourth-order valence-electron chi connectivity index (χ4n) is 4.39. The van der Waals surface area contributed by atoms with E-state index in [0.717, 1.165) is 17.0 Å². The second kappa shape index (κ2) is 11.2. The summed E-state index contributed by atoms with van der Waals surface area (Å²) in [6.07, 6.45) is 3.43. The lowest BCUT2D eigenvalue weighted by atomic mass is 9.96. The van der Waals surface area contributed by atoms with Crippen LogP contribution in [0.25, 0.3) is 12.2 Å². The molecule has 0 spiro atoms. The second-order valence-corrected chi connectivity index (χ2v) is 12.2. The van der Waals surface area contributed by atoms with Crippen LogP contribution in [0, 0.1) is 24.5 Å². The maximum absolute atomic E-state index is 14.0. The Hall–Kier alpha value is -2.89. The van der Waals surface area contributed by atoms with Crippen molar-refractivity contribution in [3.05, 3.63) is 69.2 Å². The van der Waals surface area contributed by atoms with Gasteiger partial charge in [0, 0.05) is 41.6 Å². The molecule has 1 saturated heterocycles. The number of rotatable bonds is 8. The lowest BCUT2D eigenvalue weighted by molar-refractivity contribution is -0.139. The van der Waals surface area contributed by atoms with Gasteiger partial charge in [-0.2, -0.15) is 4.31 Å². The molecule has 4 rings (SSSR count). The van der Waals surface area contributed by atoms with Crippen molar-refractivity contribution in [2.24, 2.45) is 5.92 Å². The molecule has 1 amide bonds. The van der Waals surface area contributed by atoms with Crippen molar-refractivity contribution in [1.82, 2.24) is 14.4 Å². The summed E-state index contributed by atoms with van der Waals surface area (Å²) in [5, 5.41) is 5.78. The van der Waals surface area contributed by atoms with E-state index in [1.165, 1.54) is 29.4 Å². The number of aryl methyl sites for hydroxylation is 1. The van der Waals surface area contributed by atoms with Gasteiger partial charge in [-0.1, -0.05) is 11.2 Å². The van der Waals surface area contributed by atoms with E-state index in [9.17, 15) is 22.0 Å². The molecule has 0 bridgehead atoms. The highest BCUT2D eigenvalue weighted by atomic mass is 32.2. The summed E-state index contributed by atoms with van der Waals surface area (Å²) in [4.78, 5) is 16.2. The summed E-state index contributed by atoms with van der Waals surface area (Å²) in [6, 6.07) is 7.09. The molecule has 0 atom stereocenters. The third-order valence-electron chi connectivity index (χ3n) is 6.42. The Kier molecular flexibility index (Phi) is 8.25. The third-order valence-corrected chi connectivity index (χ3v) is 9.34. The average molecular weight is 550 g/mol. The first kappa shape index (κ1) is 27.2. The zero-order valence-electron chi connectivity index (χ0n) is 20.9. The van der Waals surface area contributed by atoms with Crippen molar-refractivity contribution in [3.8, 4) is 0 Å². The molecule has 3 heterocycles. The van der Waals surface area contributed by atoms with Crippen LogP contribution in [-0.2, 0) is 21.4 Å². The van der Waals surface area contributed by atoms with Gasteiger partial charge in [0.25, 0.3) is 0 Å². The third kappa shape index (κ3) is 6.00. The lowest BCUT2D eigenvalue weighted by Crippen LogP contribution is -2.46. The van der Waals surface area contributed by atoms with Crippen LogP contribution >= 0.6 is 11.3 Å². The Labute approximate surface area is 219 Å². The summed E-state index contributed by atoms with van der Waals surface area (Å²) in [5.74, 6) is -1.76. The highest BCUT2D eigenvalue weighted by molar-refractivity contribution is 7.89. The average Bonchev–Trinajstić information content (AvgIpc) is 3.51. The Morgan fingerprint density at radius 1 is 1.24 bits per heavy atom. The molecule has 37 heavy (non-hydrogen) atoms. The van der Waals surface area contributed by atoms with Crippen molar-refractivity contribution in [1.29, 1.82) is 0 Å². The molecule has 1 aliphatic rings. The molecule has 7 nitrogen and oxygen atoms in total. The van der Waals surface area contributed by atoms with E-state index in [0.29, 0.717) is 19.4 Å². The molecule has 1 aromatic carbocycles. The summed E-state index contributed by atoms with van der Waals surface area (Å²) in [6.45, 7) is 6.39. The van der Waals surface area contributed by atoms with Crippen LogP contribution in [0.3, 0.4) is 0 Å². The molecule has 198 valence electrons. The largest absolute Gasteiger partial charge is 0.355 e. The highest BCUT2D eigenvalue weighted by Gasteiger charge is 2.37.